The van der Waals surface area contributed by atoms with Crippen LogP contribution < -0.4 is 10.1 Å². The molecule has 0 aromatic heterocycles. The van der Waals surface area contributed by atoms with Gasteiger partial charge in [-0.1, -0.05) is 12.5 Å². The van der Waals surface area contributed by atoms with Crippen molar-refractivity contribution in [3.63, 3.8) is 0 Å². The van der Waals surface area contributed by atoms with Gasteiger partial charge in [-0.15, -0.1) is 0 Å². The number of hydrogen-bond acceptors (Lipinski definition) is 2. The van der Waals surface area contributed by atoms with E-state index in [1.165, 1.54) is 6.07 Å². The third-order valence-electron chi connectivity index (χ3n) is 3.49. The van der Waals surface area contributed by atoms with Crippen molar-refractivity contribution in [3.8, 4) is 5.75 Å². The molecular formula is C15H20FNO2. The second-order valence-corrected chi connectivity index (χ2v) is 4.87. The molecule has 0 atom stereocenters. The second-order valence-electron chi connectivity index (χ2n) is 4.87. The summed E-state index contributed by atoms with van der Waals surface area (Å²) in [7, 11) is 0. The molecule has 0 bridgehead atoms. The van der Waals surface area contributed by atoms with Crippen LogP contribution in [0.25, 0.3) is 0 Å². The van der Waals surface area contributed by atoms with Crippen molar-refractivity contribution in [2.45, 2.75) is 32.6 Å². The lowest BCUT2D eigenvalue weighted by atomic mass is 9.85. The molecule has 1 saturated carbocycles. The average Bonchev–Trinajstić information content (AvgIpc) is 2.30. The minimum Gasteiger partial charge on any atom is -0.491 e. The van der Waals surface area contributed by atoms with Crippen LogP contribution in [0.3, 0.4) is 0 Å². The smallest absolute Gasteiger partial charge is 0.223 e. The second kappa shape index (κ2) is 6.55. The summed E-state index contributed by atoms with van der Waals surface area (Å²) in [5.74, 6) is 0.282. The number of rotatable bonds is 6. The molecule has 0 unspecified atom stereocenters. The summed E-state index contributed by atoms with van der Waals surface area (Å²) in [4.78, 5) is 11.6. The van der Waals surface area contributed by atoms with Crippen molar-refractivity contribution in [2.24, 2.45) is 5.92 Å². The molecule has 1 fully saturated rings. The molecule has 2 rings (SSSR count). The zero-order chi connectivity index (χ0) is 13.7. The van der Waals surface area contributed by atoms with Gasteiger partial charge in [-0.3, -0.25) is 4.79 Å². The van der Waals surface area contributed by atoms with Gasteiger partial charge in [-0.2, -0.15) is 0 Å². The van der Waals surface area contributed by atoms with Gasteiger partial charge in [0, 0.05) is 12.5 Å². The molecule has 1 aromatic carbocycles. The van der Waals surface area contributed by atoms with E-state index in [4.69, 9.17) is 4.74 Å². The van der Waals surface area contributed by atoms with E-state index in [-0.39, 0.29) is 23.4 Å². The summed E-state index contributed by atoms with van der Waals surface area (Å²) >= 11 is 0. The van der Waals surface area contributed by atoms with Crippen LogP contribution in [0.5, 0.6) is 5.75 Å². The summed E-state index contributed by atoms with van der Waals surface area (Å²) in [5.41, 5.74) is 0.870. The van der Waals surface area contributed by atoms with Crippen molar-refractivity contribution in [1.82, 2.24) is 5.32 Å². The molecule has 0 spiro atoms. The fourth-order valence-corrected chi connectivity index (χ4v) is 2.12. The Bertz CT molecular complexity index is 444. The first kappa shape index (κ1) is 13.8. The maximum atomic E-state index is 13.6. The first-order valence-electron chi connectivity index (χ1n) is 6.89. The normalized spacial score (nSPS) is 14.8. The third kappa shape index (κ3) is 3.69. The molecule has 0 heterocycles. The van der Waals surface area contributed by atoms with Crippen LogP contribution in [-0.2, 0) is 11.2 Å². The van der Waals surface area contributed by atoms with Crippen molar-refractivity contribution >= 4 is 5.91 Å². The Morgan fingerprint density at radius 2 is 2.26 bits per heavy atom. The number of benzene rings is 1. The van der Waals surface area contributed by atoms with Gasteiger partial charge in [0.15, 0.2) is 11.6 Å². The zero-order valence-corrected chi connectivity index (χ0v) is 11.2. The fraction of sp³-hybridized carbons (Fsp3) is 0.533. The number of nitrogens with one attached hydrogen (secondary N) is 1. The Labute approximate surface area is 113 Å². The molecule has 1 N–H and O–H groups in total. The molecule has 1 aliphatic carbocycles. The first-order chi connectivity index (χ1) is 9.20. The molecule has 19 heavy (non-hydrogen) atoms. The van der Waals surface area contributed by atoms with E-state index in [0.717, 1.165) is 24.8 Å². The Hall–Kier alpha value is -1.58. The van der Waals surface area contributed by atoms with Crippen LogP contribution in [-0.4, -0.2) is 19.1 Å². The van der Waals surface area contributed by atoms with Gasteiger partial charge >= 0.3 is 0 Å². The van der Waals surface area contributed by atoms with Gasteiger partial charge in [0.25, 0.3) is 0 Å². The van der Waals surface area contributed by atoms with Crippen LogP contribution in [0.4, 0.5) is 4.39 Å². The van der Waals surface area contributed by atoms with Gasteiger partial charge in [0.05, 0.1) is 6.61 Å². The van der Waals surface area contributed by atoms with Gasteiger partial charge in [0.2, 0.25) is 5.91 Å². The SMILES string of the molecule is CCOc1ccc(CCNC(=O)C2CCC2)cc1F. The van der Waals surface area contributed by atoms with E-state index < -0.39 is 0 Å². The Balaban J connectivity index is 1.79. The van der Waals surface area contributed by atoms with Crippen molar-refractivity contribution in [1.29, 1.82) is 0 Å². The average molecular weight is 265 g/mol. The number of amides is 1. The van der Waals surface area contributed by atoms with Crippen molar-refractivity contribution in [2.75, 3.05) is 13.2 Å². The molecule has 1 amide bonds. The summed E-state index contributed by atoms with van der Waals surface area (Å²) in [6.45, 7) is 2.83. The lowest BCUT2D eigenvalue weighted by molar-refractivity contribution is -0.127. The quantitative estimate of drug-likeness (QED) is 0.858. The summed E-state index contributed by atoms with van der Waals surface area (Å²) in [6, 6.07) is 4.95. The van der Waals surface area contributed by atoms with Crippen LogP contribution in [0.1, 0.15) is 31.7 Å². The molecule has 104 valence electrons. The summed E-state index contributed by atoms with van der Waals surface area (Å²) in [6.07, 6.45) is 3.80. The van der Waals surface area contributed by atoms with Crippen LogP contribution in [0.15, 0.2) is 18.2 Å². The molecule has 1 aromatic rings. The first-order valence-corrected chi connectivity index (χ1v) is 6.89. The lowest BCUT2D eigenvalue weighted by Crippen LogP contribution is -2.35. The van der Waals surface area contributed by atoms with Gasteiger partial charge in [0.1, 0.15) is 0 Å². The van der Waals surface area contributed by atoms with Crippen molar-refractivity contribution < 1.29 is 13.9 Å². The molecular weight excluding hydrogens is 245 g/mol. The predicted octanol–water partition coefficient (Wildman–Crippen LogP) is 2.68. The van der Waals surface area contributed by atoms with Crippen LogP contribution in [0.2, 0.25) is 0 Å². The maximum absolute atomic E-state index is 13.6. The maximum Gasteiger partial charge on any atom is 0.223 e. The monoisotopic (exact) mass is 265 g/mol. The van der Waals surface area contributed by atoms with E-state index in [2.05, 4.69) is 5.32 Å². The zero-order valence-electron chi connectivity index (χ0n) is 11.2. The number of halogens is 1. The number of hydrogen-bond donors (Lipinski definition) is 1. The molecule has 3 nitrogen and oxygen atoms in total. The number of ether oxygens (including phenoxy) is 1. The van der Waals surface area contributed by atoms with Crippen molar-refractivity contribution in [3.05, 3.63) is 29.6 Å². The van der Waals surface area contributed by atoms with Gasteiger partial charge in [-0.05, 0) is 43.9 Å². The minimum atomic E-state index is -0.343. The molecule has 4 heteroatoms. The predicted molar refractivity (Wildman–Crippen MR) is 71.6 cm³/mol. The van der Waals surface area contributed by atoms with E-state index in [1.54, 1.807) is 6.07 Å². The number of carbonyl (C=O) groups is 1. The summed E-state index contributed by atoms with van der Waals surface area (Å²) < 4.78 is 18.7. The standard InChI is InChI=1S/C15H20FNO2/c1-2-19-14-7-6-11(10-13(14)16)8-9-17-15(18)12-4-3-5-12/h6-7,10,12H,2-5,8-9H2,1H3,(H,17,18). The molecule has 0 radical (unpaired) electrons. The summed E-state index contributed by atoms with van der Waals surface area (Å²) in [5, 5.41) is 2.90. The van der Waals surface area contributed by atoms with Crippen LogP contribution in [0, 0.1) is 11.7 Å². The Kier molecular flexibility index (Phi) is 4.77. The van der Waals surface area contributed by atoms with E-state index >= 15 is 0 Å². The highest BCUT2D eigenvalue weighted by molar-refractivity contribution is 5.79. The minimum absolute atomic E-state index is 0.137. The molecule has 0 saturated heterocycles. The van der Waals surface area contributed by atoms with E-state index in [0.29, 0.717) is 19.6 Å². The topological polar surface area (TPSA) is 38.3 Å². The highest BCUT2D eigenvalue weighted by atomic mass is 19.1. The Morgan fingerprint density at radius 3 is 2.84 bits per heavy atom. The largest absolute Gasteiger partial charge is 0.491 e. The van der Waals surface area contributed by atoms with Gasteiger partial charge < -0.3 is 10.1 Å². The number of carbonyl (C=O) groups excluding carboxylic acids is 1. The van der Waals surface area contributed by atoms with E-state index in [1.807, 2.05) is 13.0 Å². The Morgan fingerprint density at radius 1 is 1.47 bits per heavy atom. The third-order valence-corrected chi connectivity index (χ3v) is 3.49. The highest BCUT2D eigenvalue weighted by Gasteiger charge is 2.24. The van der Waals surface area contributed by atoms with Crippen LogP contribution >= 0.6 is 0 Å². The molecule has 0 aliphatic heterocycles. The highest BCUT2D eigenvalue weighted by Crippen LogP contribution is 2.26. The molecule has 1 aliphatic rings. The van der Waals surface area contributed by atoms with E-state index in [9.17, 15) is 9.18 Å². The fourth-order valence-electron chi connectivity index (χ4n) is 2.12. The lowest BCUT2D eigenvalue weighted by Gasteiger charge is -2.24. The van der Waals surface area contributed by atoms with Gasteiger partial charge in [-0.25, -0.2) is 4.39 Å².